The van der Waals surface area contributed by atoms with Gasteiger partial charge in [-0.2, -0.15) is 13.2 Å². The van der Waals surface area contributed by atoms with Crippen molar-refractivity contribution in [2.75, 3.05) is 5.32 Å². The van der Waals surface area contributed by atoms with Crippen LogP contribution in [-0.2, 0) is 22.2 Å². The molecule has 0 radical (unpaired) electrons. The van der Waals surface area contributed by atoms with E-state index >= 15 is 0 Å². The zero-order chi connectivity index (χ0) is 20.9. The number of carbonyl (C=O) groups excluding carboxylic acids is 2. The molecule has 1 aromatic carbocycles. The molecule has 0 spiro atoms. The predicted octanol–water partition coefficient (Wildman–Crippen LogP) is 4.11. The Morgan fingerprint density at radius 2 is 1.71 bits per heavy atom. The molecule has 1 aromatic heterocycles. The summed E-state index contributed by atoms with van der Waals surface area (Å²) in [5, 5.41) is 5.48. The smallest absolute Gasteiger partial charge is 0.349 e. The van der Waals surface area contributed by atoms with Gasteiger partial charge in [-0.05, 0) is 42.3 Å². The van der Waals surface area contributed by atoms with E-state index in [-0.39, 0.29) is 30.2 Å². The summed E-state index contributed by atoms with van der Waals surface area (Å²) in [6.07, 6.45) is -2.91. The van der Waals surface area contributed by atoms with Gasteiger partial charge in [0.1, 0.15) is 5.82 Å². The molecule has 2 N–H and O–H groups in total. The predicted molar refractivity (Wildman–Crippen MR) is 99.4 cm³/mol. The number of nitrogens with one attached hydrogen (secondary N) is 2. The number of rotatable bonds is 6. The Hall–Kier alpha value is -2.90. The van der Waals surface area contributed by atoms with Gasteiger partial charge in [-0.15, -0.1) is 0 Å². The SMILES string of the molecule is CC(C)C(=O)Nc1cc(C(C)NC(=O)Cc2ccc(C(F)(F)F)cc2)ccn1. The van der Waals surface area contributed by atoms with Gasteiger partial charge in [0.05, 0.1) is 18.0 Å². The Morgan fingerprint density at radius 3 is 2.29 bits per heavy atom. The van der Waals surface area contributed by atoms with Crippen LogP contribution in [-0.4, -0.2) is 16.8 Å². The van der Waals surface area contributed by atoms with Gasteiger partial charge in [0.25, 0.3) is 0 Å². The highest BCUT2D eigenvalue weighted by Gasteiger charge is 2.30. The summed E-state index contributed by atoms with van der Waals surface area (Å²) >= 11 is 0. The zero-order valence-corrected chi connectivity index (χ0v) is 15.8. The van der Waals surface area contributed by atoms with E-state index < -0.39 is 11.7 Å². The van der Waals surface area contributed by atoms with Gasteiger partial charge in [-0.1, -0.05) is 26.0 Å². The monoisotopic (exact) mass is 393 g/mol. The number of carbonyl (C=O) groups is 2. The topological polar surface area (TPSA) is 71.1 Å². The highest BCUT2D eigenvalue weighted by molar-refractivity contribution is 5.91. The van der Waals surface area contributed by atoms with Gasteiger partial charge in [-0.3, -0.25) is 9.59 Å². The third-order valence-electron chi connectivity index (χ3n) is 4.08. The summed E-state index contributed by atoms with van der Waals surface area (Å²) in [6, 6.07) is 7.52. The maximum atomic E-state index is 12.6. The standard InChI is InChI=1S/C20H22F3N3O2/c1-12(2)19(28)26-17-11-15(8-9-24-17)13(3)25-18(27)10-14-4-6-16(7-5-14)20(21,22)23/h4-9,11-13H,10H2,1-3H3,(H,25,27)(H,24,26,28). The lowest BCUT2D eigenvalue weighted by molar-refractivity contribution is -0.137. The number of aromatic nitrogens is 1. The van der Waals surface area contributed by atoms with Crippen LogP contribution in [0.2, 0.25) is 0 Å². The molecule has 0 saturated heterocycles. The first-order valence-electron chi connectivity index (χ1n) is 8.78. The first-order chi connectivity index (χ1) is 13.1. The normalized spacial score (nSPS) is 12.5. The van der Waals surface area contributed by atoms with Crippen molar-refractivity contribution >= 4 is 17.6 Å². The van der Waals surface area contributed by atoms with E-state index in [4.69, 9.17) is 0 Å². The largest absolute Gasteiger partial charge is 0.416 e. The molecule has 28 heavy (non-hydrogen) atoms. The van der Waals surface area contributed by atoms with E-state index in [9.17, 15) is 22.8 Å². The molecule has 0 aliphatic heterocycles. The van der Waals surface area contributed by atoms with Crippen molar-refractivity contribution < 1.29 is 22.8 Å². The van der Waals surface area contributed by atoms with E-state index in [1.807, 2.05) is 0 Å². The quantitative estimate of drug-likeness (QED) is 0.776. The Kier molecular flexibility index (Phi) is 6.77. The average Bonchev–Trinajstić information content (AvgIpc) is 2.61. The third-order valence-corrected chi connectivity index (χ3v) is 4.08. The Labute approximate surface area is 161 Å². The number of alkyl halides is 3. The van der Waals surface area contributed by atoms with Crippen LogP contribution in [0.25, 0.3) is 0 Å². The van der Waals surface area contributed by atoms with Crippen molar-refractivity contribution in [2.45, 2.75) is 39.4 Å². The first-order valence-corrected chi connectivity index (χ1v) is 8.78. The molecular formula is C20H22F3N3O2. The van der Waals surface area contributed by atoms with Crippen LogP contribution in [0, 0.1) is 5.92 Å². The molecule has 1 heterocycles. The Bertz CT molecular complexity index is 833. The van der Waals surface area contributed by atoms with Gasteiger partial charge in [0.15, 0.2) is 0 Å². The first kappa shape index (κ1) is 21.4. The van der Waals surface area contributed by atoms with Crippen LogP contribution in [0.15, 0.2) is 42.6 Å². The van der Waals surface area contributed by atoms with Crippen molar-refractivity contribution in [2.24, 2.45) is 5.92 Å². The minimum Gasteiger partial charge on any atom is -0.349 e. The van der Waals surface area contributed by atoms with Crippen molar-refractivity contribution in [3.63, 3.8) is 0 Å². The Morgan fingerprint density at radius 1 is 1.07 bits per heavy atom. The van der Waals surface area contributed by atoms with Crippen molar-refractivity contribution in [3.05, 3.63) is 59.3 Å². The number of amides is 2. The van der Waals surface area contributed by atoms with E-state index in [0.29, 0.717) is 11.4 Å². The van der Waals surface area contributed by atoms with Crippen LogP contribution in [0.5, 0.6) is 0 Å². The molecule has 8 heteroatoms. The van der Waals surface area contributed by atoms with Gasteiger partial charge in [0, 0.05) is 12.1 Å². The molecule has 0 saturated carbocycles. The summed E-state index contributed by atoms with van der Waals surface area (Å²) in [4.78, 5) is 28.1. The molecule has 2 aromatic rings. The number of hydrogen-bond donors (Lipinski definition) is 2. The molecule has 150 valence electrons. The number of halogens is 3. The number of benzene rings is 1. The van der Waals surface area contributed by atoms with Crippen LogP contribution >= 0.6 is 0 Å². The minimum atomic E-state index is -4.40. The maximum Gasteiger partial charge on any atom is 0.416 e. The highest BCUT2D eigenvalue weighted by Crippen LogP contribution is 2.29. The fourth-order valence-corrected chi connectivity index (χ4v) is 2.43. The van der Waals surface area contributed by atoms with Crippen molar-refractivity contribution in [1.82, 2.24) is 10.3 Å². The van der Waals surface area contributed by atoms with Crippen LogP contribution in [0.4, 0.5) is 19.0 Å². The van der Waals surface area contributed by atoms with Crippen LogP contribution in [0.1, 0.15) is 43.5 Å². The summed E-state index contributed by atoms with van der Waals surface area (Å²) in [7, 11) is 0. The molecule has 2 rings (SSSR count). The lowest BCUT2D eigenvalue weighted by atomic mass is 10.1. The highest BCUT2D eigenvalue weighted by atomic mass is 19.4. The summed E-state index contributed by atoms with van der Waals surface area (Å²) in [5.74, 6) is -0.285. The lowest BCUT2D eigenvalue weighted by Gasteiger charge is -2.16. The molecule has 0 aliphatic carbocycles. The van der Waals surface area contributed by atoms with E-state index in [1.54, 1.807) is 32.9 Å². The number of hydrogen-bond acceptors (Lipinski definition) is 3. The Balaban J connectivity index is 1.97. The molecule has 1 atom stereocenters. The second kappa shape index (κ2) is 8.86. The number of nitrogens with zero attached hydrogens (tertiary/aromatic N) is 1. The fourth-order valence-electron chi connectivity index (χ4n) is 2.43. The molecule has 2 amide bonds. The van der Waals surface area contributed by atoms with Crippen molar-refractivity contribution in [3.8, 4) is 0 Å². The molecule has 5 nitrogen and oxygen atoms in total. The van der Waals surface area contributed by atoms with Crippen LogP contribution < -0.4 is 10.6 Å². The second-order valence-electron chi connectivity index (χ2n) is 6.78. The molecule has 0 bridgehead atoms. The maximum absolute atomic E-state index is 12.6. The van der Waals surface area contributed by atoms with Gasteiger partial charge >= 0.3 is 6.18 Å². The number of pyridine rings is 1. The summed E-state index contributed by atoms with van der Waals surface area (Å²) < 4.78 is 37.8. The zero-order valence-electron chi connectivity index (χ0n) is 15.8. The minimum absolute atomic E-state index is 0.0372. The van der Waals surface area contributed by atoms with E-state index in [0.717, 1.165) is 17.7 Å². The lowest BCUT2D eigenvalue weighted by Crippen LogP contribution is -2.28. The van der Waals surface area contributed by atoms with Crippen molar-refractivity contribution in [1.29, 1.82) is 0 Å². The molecular weight excluding hydrogens is 371 g/mol. The van der Waals surface area contributed by atoms with E-state index in [2.05, 4.69) is 15.6 Å². The summed E-state index contributed by atoms with van der Waals surface area (Å²) in [5.41, 5.74) is 0.477. The van der Waals surface area contributed by atoms with Crippen LogP contribution in [0.3, 0.4) is 0 Å². The summed E-state index contributed by atoms with van der Waals surface area (Å²) in [6.45, 7) is 5.31. The third kappa shape index (κ3) is 6.07. The molecule has 1 unspecified atom stereocenters. The van der Waals surface area contributed by atoms with E-state index in [1.165, 1.54) is 18.3 Å². The second-order valence-corrected chi connectivity index (χ2v) is 6.78. The van der Waals surface area contributed by atoms with Gasteiger partial charge in [-0.25, -0.2) is 4.98 Å². The average molecular weight is 393 g/mol. The number of anilines is 1. The van der Waals surface area contributed by atoms with Gasteiger partial charge < -0.3 is 10.6 Å². The van der Waals surface area contributed by atoms with Gasteiger partial charge in [0.2, 0.25) is 11.8 Å². The fraction of sp³-hybridized carbons (Fsp3) is 0.350. The molecule has 0 fully saturated rings. The molecule has 0 aliphatic rings.